The van der Waals surface area contributed by atoms with E-state index < -0.39 is 11.9 Å². The van der Waals surface area contributed by atoms with Crippen LogP contribution in [0.3, 0.4) is 0 Å². The molecule has 1 saturated heterocycles. The Balaban J connectivity index is 2.07. The third-order valence-corrected chi connectivity index (χ3v) is 2.63. The summed E-state index contributed by atoms with van der Waals surface area (Å²) in [5.41, 5.74) is 0.589. The van der Waals surface area contributed by atoms with Crippen LogP contribution in [-0.2, 0) is 4.74 Å². The van der Waals surface area contributed by atoms with Crippen molar-refractivity contribution in [2.45, 2.75) is 12.1 Å². The fourth-order valence-electron chi connectivity index (χ4n) is 1.48. The lowest BCUT2D eigenvalue weighted by Crippen LogP contribution is -2.31. The van der Waals surface area contributed by atoms with Crippen LogP contribution in [0, 0.1) is 5.82 Å². The number of rotatable bonds is 2. The van der Waals surface area contributed by atoms with Crippen LogP contribution in [-0.4, -0.2) is 30.5 Å². The van der Waals surface area contributed by atoms with Gasteiger partial charge in [0, 0.05) is 5.69 Å². The molecular formula is C10H11ClFNO2. The number of hydrogen-bond acceptors (Lipinski definition) is 3. The monoisotopic (exact) mass is 231 g/mol. The Kier molecular flexibility index (Phi) is 3.09. The van der Waals surface area contributed by atoms with Crippen molar-refractivity contribution in [2.75, 3.05) is 18.5 Å². The highest BCUT2D eigenvalue weighted by Gasteiger charge is 2.25. The van der Waals surface area contributed by atoms with Gasteiger partial charge in [0.25, 0.3) is 0 Å². The number of aliphatic hydroxyl groups excluding tert-OH is 1. The Morgan fingerprint density at radius 2 is 2.27 bits per heavy atom. The summed E-state index contributed by atoms with van der Waals surface area (Å²) in [5, 5.41) is 12.5. The lowest BCUT2D eigenvalue weighted by molar-refractivity contribution is 0.125. The molecule has 1 fully saturated rings. The number of nitrogens with one attached hydrogen (secondary N) is 1. The minimum absolute atomic E-state index is 0.0868. The van der Waals surface area contributed by atoms with E-state index in [2.05, 4.69) is 5.32 Å². The maximum atomic E-state index is 13.1. The molecule has 5 heteroatoms. The predicted octanol–water partition coefficient (Wildman–Crippen LogP) is 1.65. The van der Waals surface area contributed by atoms with E-state index in [1.807, 2.05) is 0 Å². The van der Waals surface area contributed by atoms with E-state index in [0.29, 0.717) is 18.9 Å². The summed E-state index contributed by atoms with van der Waals surface area (Å²) in [6.45, 7) is 0.735. The lowest BCUT2D eigenvalue weighted by Gasteiger charge is -2.15. The smallest absolute Gasteiger partial charge is 0.143 e. The molecule has 0 bridgehead atoms. The number of anilines is 1. The van der Waals surface area contributed by atoms with Crippen LogP contribution in [0.15, 0.2) is 18.2 Å². The molecule has 1 heterocycles. The molecule has 1 aromatic carbocycles. The first kappa shape index (κ1) is 10.7. The normalized spacial score (nSPS) is 25.5. The van der Waals surface area contributed by atoms with Crippen LogP contribution < -0.4 is 5.32 Å². The Morgan fingerprint density at radius 3 is 2.87 bits per heavy atom. The number of hydrogen-bond donors (Lipinski definition) is 2. The highest BCUT2D eigenvalue weighted by atomic mass is 35.5. The van der Waals surface area contributed by atoms with Crippen molar-refractivity contribution in [3.8, 4) is 0 Å². The molecule has 2 unspecified atom stereocenters. The third kappa shape index (κ3) is 2.40. The van der Waals surface area contributed by atoms with E-state index in [4.69, 9.17) is 16.3 Å². The predicted molar refractivity (Wildman–Crippen MR) is 55.6 cm³/mol. The zero-order valence-electron chi connectivity index (χ0n) is 7.91. The molecule has 1 aliphatic rings. The Bertz CT molecular complexity index is 361. The van der Waals surface area contributed by atoms with Gasteiger partial charge in [-0.1, -0.05) is 11.6 Å². The molecule has 2 atom stereocenters. The van der Waals surface area contributed by atoms with Crippen LogP contribution in [0.4, 0.5) is 10.1 Å². The van der Waals surface area contributed by atoms with Gasteiger partial charge in [-0.3, -0.25) is 0 Å². The summed E-state index contributed by atoms with van der Waals surface area (Å²) in [5.74, 6) is -0.477. The van der Waals surface area contributed by atoms with Gasteiger partial charge in [0.2, 0.25) is 0 Å². The highest BCUT2D eigenvalue weighted by molar-refractivity contribution is 6.30. The van der Waals surface area contributed by atoms with Gasteiger partial charge >= 0.3 is 0 Å². The van der Waals surface area contributed by atoms with Crippen molar-refractivity contribution in [3.63, 3.8) is 0 Å². The van der Waals surface area contributed by atoms with Gasteiger partial charge in [0.1, 0.15) is 5.82 Å². The molecule has 0 saturated carbocycles. The van der Waals surface area contributed by atoms with Gasteiger partial charge in [-0.25, -0.2) is 4.39 Å². The number of benzene rings is 1. The van der Waals surface area contributed by atoms with Crippen molar-refractivity contribution >= 4 is 17.3 Å². The molecule has 1 aromatic rings. The summed E-state index contributed by atoms with van der Waals surface area (Å²) in [6.07, 6.45) is -0.552. The zero-order valence-corrected chi connectivity index (χ0v) is 8.67. The van der Waals surface area contributed by atoms with Crippen LogP contribution in [0.25, 0.3) is 0 Å². The average molecular weight is 232 g/mol. The topological polar surface area (TPSA) is 41.5 Å². The van der Waals surface area contributed by atoms with Crippen molar-refractivity contribution in [2.24, 2.45) is 0 Å². The van der Waals surface area contributed by atoms with Crippen molar-refractivity contribution < 1.29 is 14.2 Å². The molecule has 0 aromatic heterocycles. The van der Waals surface area contributed by atoms with Crippen LogP contribution in [0.2, 0.25) is 5.02 Å². The quantitative estimate of drug-likeness (QED) is 0.813. The number of ether oxygens (including phenoxy) is 1. The second-order valence-corrected chi connectivity index (χ2v) is 3.89. The number of aliphatic hydroxyl groups is 1. The van der Waals surface area contributed by atoms with Crippen molar-refractivity contribution in [3.05, 3.63) is 29.0 Å². The van der Waals surface area contributed by atoms with E-state index in [0.717, 1.165) is 0 Å². The molecule has 0 aliphatic carbocycles. The second-order valence-electron chi connectivity index (χ2n) is 3.48. The lowest BCUT2D eigenvalue weighted by atomic mass is 10.2. The first-order valence-corrected chi connectivity index (χ1v) is 5.02. The van der Waals surface area contributed by atoms with Gasteiger partial charge in [0.15, 0.2) is 0 Å². The Hall–Kier alpha value is -0.840. The Morgan fingerprint density at radius 1 is 1.47 bits per heavy atom. The van der Waals surface area contributed by atoms with Gasteiger partial charge in [-0.15, -0.1) is 0 Å². The van der Waals surface area contributed by atoms with E-state index >= 15 is 0 Å². The first-order chi connectivity index (χ1) is 7.16. The molecule has 2 rings (SSSR count). The molecule has 0 amide bonds. The minimum atomic E-state index is -0.552. The van der Waals surface area contributed by atoms with Crippen LogP contribution >= 0.6 is 11.6 Å². The summed E-state index contributed by atoms with van der Waals surface area (Å²) in [4.78, 5) is 0. The molecule has 0 radical (unpaired) electrons. The summed E-state index contributed by atoms with van der Waals surface area (Å²) in [7, 11) is 0. The second kappa shape index (κ2) is 4.35. The summed E-state index contributed by atoms with van der Waals surface area (Å²) in [6, 6.07) is 4.25. The SMILES string of the molecule is OC1COCC1Nc1ccc(Cl)c(F)c1. The Labute approximate surface area is 91.8 Å². The average Bonchev–Trinajstić information content (AvgIpc) is 2.59. The standard InChI is InChI=1S/C10H11ClFNO2/c11-7-2-1-6(3-8(7)12)13-9-4-15-5-10(9)14/h1-3,9-10,13-14H,4-5H2. The van der Waals surface area contributed by atoms with E-state index in [1.165, 1.54) is 12.1 Å². The van der Waals surface area contributed by atoms with Gasteiger partial charge in [-0.2, -0.15) is 0 Å². The van der Waals surface area contributed by atoms with Crippen LogP contribution in [0.5, 0.6) is 0 Å². The fraction of sp³-hybridized carbons (Fsp3) is 0.400. The fourth-order valence-corrected chi connectivity index (χ4v) is 1.60. The molecule has 2 N–H and O–H groups in total. The highest BCUT2D eigenvalue weighted by Crippen LogP contribution is 2.20. The van der Waals surface area contributed by atoms with Gasteiger partial charge < -0.3 is 15.2 Å². The molecule has 0 spiro atoms. The maximum absolute atomic E-state index is 13.1. The molecule has 82 valence electrons. The number of halogens is 2. The maximum Gasteiger partial charge on any atom is 0.143 e. The van der Waals surface area contributed by atoms with E-state index in [9.17, 15) is 9.50 Å². The summed E-state index contributed by atoms with van der Waals surface area (Å²) >= 11 is 5.55. The summed E-state index contributed by atoms with van der Waals surface area (Å²) < 4.78 is 18.1. The van der Waals surface area contributed by atoms with Gasteiger partial charge in [-0.05, 0) is 18.2 Å². The molecule has 15 heavy (non-hydrogen) atoms. The van der Waals surface area contributed by atoms with E-state index in [1.54, 1.807) is 6.07 Å². The van der Waals surface area contributed by atoms with Crippen molar-refractivity contribution in [1.82, 2.24) is 0 Å². The first-order valence-electron chi connectivity index (χ1n) is 4.64. The van der Waals surface area contributed by atoms with Crippen molar-refractivity contribution in [1.29, 1.82) is 0 Å². The zero-order chi connectivity index (χ0) is 10.8. The third-order valence-electron chi connectivity index (χ3n) is 2.32. The van der Waals surface area contributed by atoms with E-state index in [-0.39, 0.29) is 11.1 Å². The molecule has 1 aliphatic heterocycles. The van der Waals surface area contributed by atoms with Gasteiger partial charge in [0.05, 0.1) is 30.4 Å². The molecule has 3 nitrogen and oxygen atoms in total. The molecular weight excluding hydrogens is 221 g/mol. The van der Waals surface area contributed by atoms with Crippen LogP contribution in [0.1, 0.15) is 0 Å². The minimum Gasteiger partial charge on any atom is -0.388 e. The largest absolute Gasteiger partial charge is 0.388 e.